The van der Waals surface area contributed by atoms with E-state index < -0.39 is 0 Å². The highest BCUT2D eigenvalue weighted by molar-refractivity contribution is 7.79. The zero-order chi connectivity index (χ0) is 12.5. The molecule has 0 saturated carbocycles. The van der Waals surface area contributed by atoms with Gasteiger partial charge >= 0.3 is 0 Å². The highest BCUT2D eigenvalue weighted by Crippen LogP contribution is 2.32. The van der Waals surface area contributed by atoms with Crippen LogP contribution in [-0.4, -0.2) is 22.5 Å². The molecule has 0 spiro atoms. The minimum absolute atomic E-state index is 0.0696. The number of imidazole rings is 1. The number of aromatic nitrogens is 2. The van der Waals surface area contributed by atoms with Gasteiger partial charge in [0.2, 0.25) is 0 Å². The smallest absolute Gasteiger partial charge is 0.262 e. The minimum Gasteiger partial charge on any atom is -0.482 e. The SMILES string of the molecule is O=C1COc2ccc(-c3cnc(CS)[nH]3)cc2N1. The summed E-state index contributed by atoms with van der Waals surface area (Å²) in [6.07, 6.45) is 1.75. The molecule has 0 unspecified atom stereocenters. The summed E-state index contributed by atoms with van der Waals surface area (Å²) in [5, 5.41) is 2.78. The van der Waals surface area contributed by atoms with Gasteiger partial charge in [-0.15, -0.1) is 0 Å². The third-order valence-electron chi connectivity index (χ3n) is 2.70. The second-order valence-corrected chi connectivity index (χ2v) is 4.27. The van der Waals surface area contributed by atoms with Gasteiger partial charge in [0.05, 0.1) is 17.6 Å². The summed E-state index contributed by atoms with van der Waals surface area (Å²) >= 11 is 4.16. The number of nitrogens with zero attached hydrogens (tertiary/aromatic N) is 1. The first-order valence-corrected chi connectivity index (χ1v) is 6.11. The number of anilines is 1. The molecule has 0 radical (unpaired) electrons. The van der Waals surface area contributed by atoms with Crippen molar-refractivity contribution >= 4 is 24.2 Å². The molecule has 2 N–H and O–H groups in total. The second-order valence-electron chi connectivity index (χ2n) is 3.95. The number of aromatic amines is 1. The Kier molecular flexibility index (Phi) is 2.71. The van der Waals surface area contributed by atoms with E-state index in [-0.39, 0.29) is 12.5 Å². The molecular weight excluding hydrogens is 250 g/mol. The van der Waals surface area contributed by atoms with Crippen LogP contribution in [0.25, 0.3) is 11.3 Å². The number of H-pyrrole nitrogens is 1. The van der Waals surface area contributed by atoms with Crippen molar-refractivity contribution in [2.75, 3.05) is 11.9 Å². The van der Waals surface area contributed by atoms with Gasteiger partial charge in [0.25, 0.3) is 5.91 Å². The molecule has 5 nitrogen and oxygen atoms in total. The van der Waals surface area contributed by atoms with Crippen molar-refractivity contribution < 1.29 is 9.53 Å². The summed E-state index contributed by atoms with van der Waals surface area (Å²) < 4.78 is 5.30. The monoisotopic (exact) mass is 261 g/mol. The molecule has 2 heterocycles. The predicted octanol–water partition coefficient (Wildman–Crippen LogP) is 1.84. The average molecular weight is 261 g/mol. The summed E-state index contributed by atoms with van der Waals surface area (Å²) in [7, 11) is 0. The van der Waals surface area contributed by atoms with Crippen LogP contribution >= 0.6 is 12.6 Å². The Morgan fingerprint density at radius 3 is 3.11 bits per heavy atom. The zero-order valence-corrected chi connectivity index (χ0v) is 10.3. The number of nitrogens with one attached hydrogen (secondary N) is 2. The van der Waals surface area contributed by atoms with Crippen molar-refractivity contribution in [3.05, 3.63) is 30.2 Å². The van der Waals surface area contributed by atoms with E-state index in [0.29, 0.717) is 17.2 Å². The molecule has 0 bridgehead atoms. The lowest BCUT2D eigenvalue weighted by atomic mass is 10.1. The molecule has 1 amide bonds. The summed E-state index contributed by atoms with van der Waals surface area (Å²) in [5.41, 5.74) is 2.52. The van der Waals surface area contributed by atoms with E-state index in [9.17, 15) is 4.79 Å². The fourth-order valence-corrected chi connectivity index (χ4v) is 2.00. The number of hydrogen-bond acceptors (Lipinski definition) is 4. The summed E-state index contributed by atoms with van der Waals surface area (Å²) in [5.74, 6) is 1.92. The molecule has 92 valence electrons. The van der Waals surface area contributed by atoms with Crippen LogP contribution in [0.4, 0.5) is 5.69 Å². The third-order valence-corrected chi connectivity index (χ3v) is 3.00. The average Bonchev–Trinajstić information content (AvgIpc) is 2.86. The first kappa shape index (κ1) is 11.2. The number of hydrogen-bond donors (Lipinski definition) is 3. The Morgan fingerprint density at radius 1 is 1.44 bits per heavy atom. The van der Waals surface area contributed by atoms with E-state index in [0.717, 1.165) is 17.1 Å². The van der Waals surface area contributed by atoms with Gasteiger partial charge in [-0.25, -0.2) is 4.98 Å². The van der Waals surface area contributed by atoms with Crippen LogP contribution in [0.15, 0.2) is 24.4 Å². The van der Waals surface area contributed by atoms with Gasteiger partial charge in [-0.1, -0.05) is 0 Å². The van der Waals surface area contributed by atoms with Gasteiger partial charge in [0.1, 0.15) is 11.6 Å². The normalized spacial score (nSPS) is 13.7. The van der Waals surface area contributed by atoms with Crippen LogP contribution < -0.4 is 10.1 Å². The maximum absolute atomic E-state index is 11.3. The maximum Gasteiger partial charge on any atom is 0.262 e. The van der Waals surface area contributed by atoms with Gasteiger partial charge in [-0.3, -0.25) is 4.79 Å². The Balaban J connectivity index is 1.98. The number of rotatable bonds is 2. The topological polar surface area (TPSA) is 67.0 Å². The Morgan fingerprint density at radius 2 is 2.33 bits per heavy atom. The van der Waals surface area contributed by atoms with Crippen LogP contribution in [0.5, 0.6) is 5.75 Å². The predicted molar refractivity (Wildman–Crippen MR) is 70.8 cm³/mol. The third kappa shape index (κ3) is 1.95. The van der Waals surface area contributed by atoms with Gasteiger partial charge in [0, 0.05) is 11.3 Å². The number of benzene rings is 1. The molecule has 1 aromatic heterocycles. The van der Waals surface area contributed by atoms with Gasteiger partial charge < -0.3 is 15.0 Å². The van der Waals surface area contributed by atoms with Gasteiger partial charge in [0.15, 0.2) is 6.61 Å². The number of carbonyl (C=O) groups is 1. The molecule has 0 fully saturated rings. The number of amides is 1. The lowest BCUT2D eigenvalue weighted by Gasteiger charge is -2.18. The molecule has 6 heteroatoms. The van der Waals surface area contributed by atoms with E-state index in [4.69, 9.17) is 4.74 Å². The first-order valence-electron chi connectivity index (χ1n) is 5.48. The van der Waals surface area contributed by atoms with Crippen LogP contribution in [0.3, 0.4) is 0 Å². The minimum atomic E-state index is -0.139. The molecule has 1 aliphatic rings. The van der Waals surface area contributed by atoms with E-state index in [1.54, 1.807) is 6.20 Å². The van der Waals surface area contributed by atoms with E-state index in [1.165, 1.54) is 0 Å². The van der Waals surface area contributed by atoms with E-state index in [2.05, 4.69) is 27.9 Å². The van der Waals surface area contributed by atoms with E-state index >= 15 is 0 Å². The van der Waals surface area contributed by atoms with Crippen molar-refractivity contribution in [3.63, 3.8) is 0 Å². The summed E-state index contributed by atoms with van der Waals surface area (Å²) in [6.45, 7) is 0.0696. The fraction of sp³-hybridized carbons (Fsp3) is 0.167. The fourth-order valence-electron chi connectivity index (χ4n) is 1.84. The van der Waals surface area contributed by atoms with Crippen LogP contribution in [-0.2, 0) is 10.5 Å². The zero-order valence-electron chi connectivity index (χ0n) is 9.43. The quantitative estimate of drug-likeness (QED) is 0.723. The maximum atomic E-state index is 11.3. The molecule has 0 aliphatic carbocycles. The summed E-state index contributed by atoms with van der Waals surface area (Å²) in [4.78, 5) is 18.6. The number of carbonyl (C=O) groups excluding carboxylic acids is 1. The lowest BCUT2D eigenvalue weighted by Crippen LogP contribution is -2.25. The molecule has 1 aliphatic heterocycles. The molecule has 0 saturated heterocycles. The Hall–Kier alpha value is -1.95. The van der Waals surface area contributed by atoms with Crippen molar-refractivity contribution in [3.8, 4) is 17.0 Å². The second kappa shape index (κ2) is 4.38. The van der Waals surface area contributed by atoms with E-state index in [1.807, 2.05) is 18.2 Å². The van der Waals surface area contributed by atoms with Crippen molar-refractivity contribution in [2.45, 2.75) is 5.75 Å². The van der Waals surface area contributed by atoms with Crippen molar-refractivity contribution in [2.24, 2.45) is 0 Å². The highest BCUT2D eigenvalue weighted by Gasteiger charge is 2.16. The largest absolute Gasteiger partial charge is 0.482 e. The van der Waals surface area contributed by atoms with Gasteiger partial charge in [-0.05, 0) is 18.2 Å². The van der Waals surface area contributed by atoms with Crippen molar-refractivity contribution in [1.29, 1.82) is 0 Å². The molecule has 3 rings (SSSR count). The van der Waals surface area contributed by atoms with Crippen LogP contribution in [0, 0.1) is 0 Å². The summed E-state index contributed by atoms with van der Waals surface area (Å²) in [6, 6.07) is 5.62. The number of thiol groups is 1. The Labute approximate surface area is 109 Å². The molecular formula is C12H11N3O2S. The standard InChI is InChI=1S/C12H11N3O2S/c16-12-5-17-10-2-1-7(3-8(10)15-12)9-4-13-11(6-18)14-9/h1-4,18H,5-6H2,(H,13,14)(H,15,16). The first-order chi connectivity index (χ1) is 8.76. The molecule has 2 aromatic rings. The van der Waals surface area contributed by atoms with Crippen LogP contribution in [0.2, 0.25) is 0 Å². The lowest BCUT2D eigenvalue weighted by molar-refractivity contribution is -0.118. The molecule has 18 heavy (non-hydrogen) atoms. The van der Waals surface area contributed by atoms with Crippen molar-refractivity contribution in [1.82, 2.24) is 9.97 Å². The Bertz CT molecular complexity index is 609. The number of fused-ring (bicyclic) bond motifs is 1. The highest BCUT2D eigenvalue weighted by atomic mass is 32.1. The molecule has 1 aromatic carbocycles. The molecule has 0 atom stereocenters. The van der Waals surface area contributed by atoms with Crippen LogP contribution in [0.1, 0.15) is 5.82 Å². The van der Waals surface area contributed by atoms with Gasteiger partial charge in [-0.2, -0.15) is 12.6 Å². The number of ether oxygens (including phenoxy) is 1.